The number of benzene rings is 3. The molecule has 0 bridgehead atoms. The summed E-state index contributed by atoms with van der Waals surface area (Å²) in [4.78, 5) is 4.25. The van der Waals surface area contributed by atoms with Gasteiger partial charge in [0.05, 0.1) is 0 Å². The Morgan fingerprint density at radius 3 is 2.40 bits per heavy atom. The number of nitrogens with zero attached hydrogens (tertiary/aromatic N) is 1. The highest BCUT2D eigenvalue weighted by Crippen LogP contribution is 2.34. The molecule has 3 heteroatoms. The number of phenolic OH excluding ortho intramolecular Hbond substituents is 2. The zero-order valence-corrected chi connectivity index (χ0v) is 10.7. The fraction of sp³-hybridized carbons (Fsp3) is 0. The average Bonchev–Trinajstić information content (AvgIpc) is 2.48. The molecule has 3 aromatic carbocycles. The van der Waals surface area contributed by atoms with E-state index in [1.165, 1.54) is 0 Å². The normalized spacial score (nSPS) is 11.2. The van der Waals surface area contributed by atoms with Crippen LogP contribution in [0.2, 0.25) is 0 Å². The molecule has 98 valence electrons. The van der Waals surface area contributed by atoms with Gasteiger partial charge in [0.1, 0.15) is 17.2 Å². The summed E-state index contributed by atoms with van der Waals surface area (Å²) in [6.07, 6.45) is 1.54. The molecule has 0 aromatic heterocycles. The van der Waals surface area contributed by atoms with E-state index in [0.29, 0.717) is 11.3 Å². The largest absolute Gasteiger partial charge is 0.507 e. The third-order valence-electron chi connectivity index (χ3n) is 3.16. The lowest BCUT2D eigenvalue weighted by molar-refractivity contribution is 0.474. The standard InChI is InChI=1S/C17H13NO2/c19-16-8-4-2-6-13(16)11-18-15-10-9-12-5-1-3-7-14(12)17(15)20/h1-11,19-20H/b18-11+. The number of para-hydroxylation sites is 1. The summed E-state index contributed by atoms with van der Waals surface area (Å²) in [5.41, 5.74) is 1.09. The fourth-order valence-corrected chi connectivity index (χ4v) is 2.08. The van der Waals surface area contributed by atoms with Crippen molar-refractivity contribution in [2.75, 3.05) is 0 Å². The molecule has 0 atom stereocenters. The first kappa shape index (κ1) is 12.2. The van der Waals surface area contributed by atoms with Crippen LogP contribution in [0.15, 0.2) is 65.7 Å². The van der Waals surface area contributed by atoms with Crippen molar-refractivity contribution in [2.45, 2.75) is 0 Å². The molecule has 3 nitrogen and oxygen atoms in total. The van der Waals surface area contributed by atoms with Crippen molar-refractivity contribution in [3.05, 3.63) is 66.2 Å². The van der Waals surface area contributed by atoms with Gasteiger partial charge in [-0.3, -0.25) is 4.99 Å². The second kappa shape index (κ2) is 5.05. The summed E-state index contributed by atoms with van der Waals surface area (Å²) >= 11 is 0. The summed E-state index contributed by atoms with van der Waals surface area (Å²) in [5.74, 6) is 0.311. The van der Waals surface area contributed by atoms with E-state index < -0.39 is 0 Å². The first-order valence-corrected chi connectivity index (χ1v) is 6.28. The van der Waals surface area contributed by atoms with Crippen LogP contribution in [0.5, 0.6) is 11.5 Å². The van der Waals surface area contributed by atoms with E-state index in [1.807, 2.05) is 36.4 Å². The number of phenols is 2. The van der Waals surface area contributed by atoms with Gasteiger partial charge >= 0.3 is 0 Å². The molecule has 3 rings (SSSR count). The van der Waals surface area contributed by atoms with Gasteiger partial charge in [-0.15, -0.1) is 0 Å². The quantitative estimate of drug-likeness (QED) is 0.686. The van der Waals surface area contributed by atoms with Crippen molar-refractivity contribution >= 4 is 22.7 Å². The van der Waals surface area contributed by atoms with Gasteiger partial charge in [-0.1, -0.05) is 42.5 Å². The molecule has 0 heterocycles. The minimum atomic E-state index is 0.148. The van der Waals surface area contributed by atoms with Crippen LogP contribution in [0.1, 0.15) is 5.56 Å². The second-order valence-corrected chi connectivity index (χ2v) is 4.47. The van der Waals surface area contributed by atoms with Gasteiger partial charge in [0, 0.05) is 17.2 Å². The molecular formula is C17H13NO2. The van der Waals surface area contributed by atoms with Crippen molar-refractivity contribution in [3.8, 4) is 11.5 Å². The Labute approximate surface area is 116 Å². The van der Waals surface area contributed by atoms with Crippen LogP contribution in [0, 0.1) is 0 Å². The van der Waals surface area contributed by atoms with Gasteiger partial charge < -0.3 is 10.2 Å². The van der Waals surface area contributed by atoms with E-state index >= 15 is 0 Å². The summed E-state index contributed by atoms with van der Waals surface area (Å²) in [5, 5.41) is 21.6. The lowest BCUT2D eigenvalue weighted by Gasteiger charge is -2.04. The summed E-state index contributed by atoms with van der Waals surface area (Å²) in [7, 11) is 0. The Bertz CT molecular complexity index is 794. The Kier molecular flexibility index (Phi) is 3.09. The number of aliphatic imine (C=N–C) groups is 1. The molecule has 0 aliphatic rings. The molecule has 0 aliphatic carbocycles. The topological polar surface area (TPSA) is 52.8 Å². The van der Waals surface area contributed by atoms with Crippen LogP contribution < -0.4 is 0 Å². The molecule has 0 unspecified atom stereocenters. The summed E-state index contributed by atoms with van der Waals surface area (Å²) < 4.78 is 0. The van der Waals surface area contributed by atoms with Crippen molar-refractivity contribution in [1.82, 2.24) is 0 Å². The van der Waals surface area contributed by atoms with Gasteiger partial charge in [-0.2, -0.15) is 0 Å². The minimum Gasteiger partial charge on any atom is -0.507 e. The highest BCUT2D eigenvalue weighted by molar-refractivity contribution is 5.94. The molecule has 0 aliphatic heterocycles. The Hall–Kier alpha value is -2.81. The Balaban J connectivity index is 2.03. The third-order valence-corrected chi connectivity index (χ3v) is 3.16. The Morgan fingerprint density at radius 1 is 0.800 bits per heavy atom. The second-order valence-electron chi connectivity index (χ2n) is 4.47. The van der Waals surface area contributed by atoms with E-state index in [-0.39, 0.29) is 11.5 Å². The zero-order chi connectivity index (χ0) is 13.9. The number of aromatic hydroxyl groups is 2. The maximum absolute atomic E-state index is 10.2. The van der Waals surface area contributed by atoms with E-state index in [0.717, 1.165) is 10.8 Å². The molecule has 0 spiro atoms. The Morgan fingerprint density at radius 2 is 1.55 bits per heavy atom. The van der Waals surface area contributed by atoms with Crippen LogP contribution >= 0.6 is 0 Å². The van der Waals surface area contributed by atoms with Crippen molar-refractivity contribution in [2.24, 2.45) is 4.99 Å². The van der Waals surface area contributed by atoms with Gasteiger partial charge in [-0.05, 0) is 23.6 Å². The molecule has 0 saturated heterocycles. The third kappa shape index (κ3) is 2.21. The number of rotatable bonds is 2. The predicted octanol–water partition coefficient (Wildman–Crippen LogP) is 4.00. The molecule has 20 heavy (non-hydrogen) atoms. The molecule has 3 aromatic rings. The van der Waals surface area contributed by atoms with Crippen LogP contribution in [-0.2, 0) is 0 Å². The maximum atomic E-state index is 10.2. The van der Waals surface area contributed by atoms with Gasteiger partial charge in [0.25, 0.3) is 0 Å². The van der Waals surface area contributed by atoms with E-state index in [9.17, 15) is 10.2 Å². The van der Waals surface area contributed by atoms with Crippen LogP contribution in [0.25, 0.3) is 10.8 Å². The molecular weight excluding hydrogens is 250 g/mol. The highest BCUT2D eigenvalue weighted by Gasteiger charge is 2.04. The maximum Gasteiger partial charge on any atom is 0.148 e. The molecule has 0 radical (unpaired) electrons. The first-order chi connectivity index (χ1) is 9.75. The van der Waals surface area contributed by atoms with Crippen molar-refractivity contribution < 1.29 is 10.2 Å². The van der Waals surface area contributed by atoms with Crippen LogP contribution in [-0.4, -0.2) is 16.4 Å². The smallest absolute Gasteiger partial charge is 0.148 e. The number of hydrogen-bond donors (Lipinski definition) is 2. The molecule has 0 fully saturated rings. The van der Waals surface area contributed by atoms with Gasteiger partial charge in [0.15, 0.2) is 0 Å². The fourth-order valence-electron chi connectivity index (χ4n) is 2.08. The van der Waals surface area contributed by atoms with Gasteiger partial charge in [-0.25, -0.2) is 0 Å². The monoisotopic (exact) mass is 263 g/mol. The average molecular weight is 263 g/mol. The van der Waals surface area contributed by atoms with Crippen LogP contribution in [0.4, 0.5) is 5.69 Å². The van der Waals surface area contributed by atoms with E-state index in [2.05, 4.69) is 4.99 Å². The van der Waals surface area contributed by atoms with Gasteiger partial charge in [0.2, 0.25) is 0 Å². The predicted molar refractivity (Wildman–Crippen MR) is 81.0 cm³/mol. The van der Waals surface area contributed by atoms with E-state index in [4.69, 9.17) is 0 Å². The van der Waals surface area contributed by atoms with Crippen molar-refractivity contribution in [1.29, 1.82) is 0 Å². The molecule has 0 amide bonds. The zero-order valence-electron chi connectivity index (χ0n) is 10.7. The van der Waals surface area contributed by atoms with E-state index in [1.54, 1.807) is 30.5 Å². The lowest BCUT2D eigenvalue weighted by Crippen LogP contribution is -1.81. The van der Waals surface area contributed by atoms with Crippen molar-refractivity contribution in [3.63, 3.8) is 0 Å². The first-order valence-electron chi connectivity index (χ1n) is 6.28. The lowest BCUT2D eigenvalue weighted by atomic mass is 10.1. The molecule has 2 N–H and O–H groups in total. The number of fused-ring (bicyclic) bond motifs is 1. The summed E-state index contributed by atoms with van der Waals surface area (Å²) in [6.45, 7) is 0. The SMILES string of the molecule is Oc1ccccc1/C=N/c1ccc2ccccc2c1O. The highest BCUT2D eigenvalue weighted by atomic mass is 16.3. The van der Waals surface area contributed by atoms with Crippen LogP contribution in [0.3, 0.4) is 0 Å². The minimum absolute atomic E-state index is 0.148. The molecule has 0 saturated carbocycles. The summed E-state index contributed by atoms with van der Waals surface area (Å²) in [6, 6.07) is 18.2. The number of hydrogen-bond acceptors (Lipinski definition) is 3.